The number of carbonyl (C=O) groups excluding carboxylic acids is 2. The van der Waals surface area contributed by atoms with Crippen LogP contribution in [0.5, 0.6) is 11.5 Å². The Morgan fingerprint density at radius 1 is 1.12 bits per heavy atom. The first-order valence-corrected chi connectivity index (χ1v) is 11.9. The van der Waals surface area contributed by atoms with Gasteiger partial charge in [-0.15, -0.1) is 0 Å². The lowest BCUT2D eigenvalue weighted by Crippen LogP contribution is -2.48. The normalized spacial score (nSPS) is 24.4. The van der Waals surface area contributed by atoms with Crippen LogP contribution in [0.25, 0.3) is 0 Å². The van der Waals surface area contributed by atoms with E-state index in [-0.39, 0.29) is 17.9 Å². The Bertz CT molecular complexity index is 1020. The number of methoxy groups -OCH3 is 1. The Morgan fingerprint density at radius 2 is 1.91 bits per heavy atom. The standard InChI is InChI=1S/C27H34N2O4/c1-5-33-23-14-13-19(15-24(23)32-4)16-29-25(20-10-6-7-11-21(20)27(29)31)26(30)28-22-12-8-9-17(2)18(22)3/h6-7,10-11,13-15,17-18,22,25H,5,8-9,12,16H2,1-4H3,(H,28,30)/t17-,18+,22-,25-/m1/s1. The lowest BCUT2D eigenvalue weighted by atomic mass is 9.78. The van der Waals surface area contributed by atoms with Gasteiger partial charge in [-0.3, -0.25) is 9.59 Å². The summed E-state index contributed by atoms with van der Waals surface area (Å²) in [7, 11) is 1.60. The van der Waals surface area contributed by atoms with Crippen LogP contribution in [-0.4, -0.2) is 36.5 Å². The molecule has 6 heteroatoms. The summed E-state index contributed by atoms with van der Waals surface area (Å²) in [6, 6.07) is 12.6. The third kappa shape index (κ3) is 4.56. The molecule has 0 radical (unpaired) electrons. The SMILES string of the molecule is CCOc1ccc(CN2C(=O)c3ccccc3[C@@H]2C(=O)N[C@@H]2CCC[C@@H](C)[C@@H]2C)cc1OC. The highest BCUT2D eigenvalue weighted by Gasteiger charge is 2.42. The van der Waals surface area contributed by atoms with Crippen molar-refractivity contribution in [1.29, 1.82) is 0 Å². The average Bonchev–Trinajstić information content (AvgIpc) is 3.09. The van der Waals surface area contributed by atoms with Crippen LogP contribution < -0.4 is 14.8 Å². The average molecular weight is 451 g/mol. The molecule has 0 spiro atoms. The van der Waals surface area contributed by atoms with Crippen LogP contribution in [0.3, 0.4) is 0 Å². The molecule has 1 aliphatic carbocycles. The van der Waals surface area contributed by atoms with E-state index in [1.165, 1.54) is 6.42 Å². The zero-order chi connectivity index (χ0) is 23.5. The van der Waals surface area contributed by atoms with Gasteiger partial charge in [-0.25, -0.2) is 0 Å². The van der Waals surface area contributed by atoms with Gasteiger partial charge >= 0.3 is 0 Å². The van der Waals surface area contributed by atoms with Crippen molar-refractivity contribution < 1.29 is 19.1 Å². The van der Waals surface area contributed by atoms with Crippen LogP contribution >= 0.6 is 0 Å². The van der Waals surface area contributed by atoms with Crippen molar-refractivity contribution in [3.05, 3.63) is 59.2 Å². The van der Waals surface area contributed by atoms with Gasteiger partial charge < -0.3 is 19.7 Å². The van der Waals surface area contributed by atoms with Gasteiger partial charge in [0.2, 0.25) is 5.91 Å². The molecule has 0 saturated heterocycles. The summed E-state index contributed by atoms with van der Waals surface area (Å²) in [5.41, 5.74) is 2.25. The van der Waals surface area contributed by atoms with Gasteiger partial charge in [0.25, 0.3) is 5.91 Å². The fourth-order valence-electron chi connectivity index (χ4n) is 5.15. The van der Waals surface area contributed by atoms with Crippen LogP contribution in [0, 0.1) is 11.8 Å². The van der Waals surface area contributed by atoms with Gasteiger partial charge in [-0.1, -0.05) is 51.0 Å². The number of nitrogens with zero attached hydrogens (tertiary/aromatic N) is 1. The molecule has 0 aromatic heterocycles. The van der Waals surface area contributed by atoms with Gasteiger partial charge in [0.05, 0.1) is 13.7 Å². The molecular weight excluding hydrogens is 416 g/mol. The number of ether oxygens (including phenoxy) is 2. The molecule has 2 aromatic carbocycles. The topological polar surface area (TPSA) is 67.9 Å². The molecule has 0 unspecified atom stereocenters. The van der Waals surface area contributed by atoms with Crippen molar-refractivity contribution in [2.75, 3.05) is 13.7 Å². The van der Waals surface area contributed by atoms with Gasteiger partial charge in [-0.05, 0) is 54.5 Å². The third-order valence-corrected chi connectivity index (χ3v) is 7.22. The van der Waals surface area contributed by atoms with E-state index in [1.54, 1.807) is 12.0 Å². The molecule has 4 atom stereocenters. The number of nitrogens with one attached hydrogen (secondary N) is 1. The third-order valence-electron chi connectivity index (χ3n) is 7.22. The minimum atomic E-state index is -0.643. The molecule has 2 aromatic rings. The lowest BCUT2D eigenvalue weighted by molar-refractivity contribution is -0.127. The first-order valence-electron chi connectivity index (χ1n) is 11.9. The van der Waals surface area contributed by atoms with Crippen LogP contribution in [0.4, 0.5) is 0 Å². The van der Waals surface area contributed by atoms with E-state index in [1.807, 2.05) is 49.4 Å². The maximum Gasteiger partial charge on any atom is 0.255 e. The molecule has 176 valence electrons. The molecule has 1 N–H and O–H groups in total. The smallest absolute Gasteiger partial charge is 0.255 e. The van der Waals surface area contributed by atoms with Crippen LogP contribution in [0.15, 0.2) is 42.5 Å². The maximum absolute atomic E-state index is 13.6. The minimum Gasteiger partial charge on any atom is -0.493 e. The molecule has 2 aliphatic rings. The molecule has 33 heavy (non-hydrogen) atoms. The summed E-state index contributed by atoms with van der Waals surface area (Å²) in [5.74, 6) is 2.05. The Hall–Kier alpha value is -3.02. The molecule has 1 heterocycles. The van der Waals surface area contributed by atoms with E-state index in [2.05, 4.69) is 19.2 Å². The second-order valence-corrected chi connectivity index (χ2v) is 9.22. The van der Waals surface area contributed by atoms with Crippen molar-refractivity contribution in [3.8, 4) is 11.5 Å². The molecule has 6 nitrogen and oxygen atoms in total. The van der Waals surface area contributed by atoms with E-state index >= 15 is 0 Å². The number of fused-ring (bicyclic) bond motifs is 1. The molecule has 1 aliphatic heterocycles. The highest BCUT2D eigenvalue weighted by atomic mass is 16.5. The zero-order valence-electron chi connectivity index (χ0n) is 20.0. The number of benzene rings is 2. The predicted octanol–water partition coefficient (Wildman–Crippen LogP) is 4.73. The molecule has 0 bridgehead atoms. The van der Waals surface area contributed by atoms with Crippen molar-refractivity contribution in [1.82, 2.24) is 10.2 Å². The monoisotopic (exact) mass is 450 g/mol. The fraction of sp³-hybridized carbons (Fsp3) is 0.481. The van der Waals surface area contributed by atoms with Gasteiger partial charge in [-0.2, -0.15) is 0 Å². The predicted molar refractivity (Wildman–Crippen MR) is 127 cm³/mol. The number of rotatable bonds is 7. The van der Waals surface area contributed by atoms with E-state index in [4.69, 9.17) is 9.47 Å². The number of hydrogen-bond acceptors (Lipinski definition) is 4. The van der Waals surface area contributed by atoms with E-state index in [9.17, 15) is 9.59 Å². The van der Waals surface area contributed by atoms with Crippen LogP contribution in [-0.2, 0) is 11.3 Å². The second kappa shape index (κ2) is 9.86. The van der Waals surface area contributed by atoms with Crippen molar-refractivity contribution >= 4 is 11.8 Å². The second-order valence-electron chi connectivity index (χ2n) is 9.22. The van der Waals surface area contributed by atoms with Crippen LogP contribution in [0.1, 0.15) is 67.6 Å². The molecule has 1 saturated carbocycles. The first kappa shape index (κ1) is 23.1. The van der Waals surface area contributed by atoms with Crippen molar-refractivity contribution in [2.24, 2.45) is 11.8 Å². The number of amides is 2. The number of carbonyl (C=O) groups is 2. The summed E-state index contributed by atoms with van der Waals surface area (Å²) >= 11 is 0. The van der Waals surface area contributed by atoms with Crippen LogP contribution in [0.2, 0.25) is 0 Å². The van der Waals surface area contributed by atoms with Gasteiger partial charge in [0.15, 0.2) is 11.5 Å². The molecule has 2 amide bonds. The Kier molecular flexibility index (Phi) is 6.91. The molecular formula is C27H34N2O4. The Labute approximate surface area is 196 Å². The van der Waals surface area contributed by atoms with E-state index < -0.39 is 6.04 Å². The lowest BCUT2D eigenvalue weighted by Gasteiger charge is -2.36. The number of hydrogen-bond donors (Lipinski definition) is 1. The van der Waals surface area contributed by atoms with Gasteiger partial charge in [0.1, 0.15) is 6.04 Å². The molecule has 4 rings (SSSR count). The Balaban J connectivity index is 1.61. The van der Waals surface area contributed by atoms with E-state index in [0.717, 1.165) is 24.0 Å². The zero-order valence-corrected chi connectivity index (χ0v) is 20.0. The fourth-order valence-corrected chi connectivity index (χ4v) is 5.15. The summed E-state index contributed by atoms with van der Waals surface area (Å²) < 4.78 is 11.1. The summed E-state index contributed by atoms with van der Waals surface area (Å²) in [6.45, 7) is 7.24. The highest BCUT2D eigenvalue weighted by molar-refractivity contribution is 6.04. The van der Waals surface area contributed by atoms with Crippen molar-refractivity contribution in [3.63, 3.8) is 0 Å². The summed E-state index contributed by atoms with van der Waals surface area (Å²) in [6.07, 6.45) is 3.30. The Morgan fingerprint density at radius 3 is 2.67 bits per heavy atom. The summed E-state index contributed by atoms with van der Waals surface area (Å²) in [5, 5.41) is 3.29. The maximum atomic E-state index is 13.6. The van der Waals surface area contributed by atoms with E-state index in [0.29, 0.717) is 42.0 Å². The summed E-state index contributed by atoms with van der Waals surface area (Å²) in [4.78, 5) is 28.6. The minimum absolute atomic E-state index is 0.0999. The molecule has 1 fully saturated rings. The van der Waals surface area contributed by atoms with Gasteiger partial charge in [0, 0.05) is 18.2 Å². The van der Waals surface area contributed by atoms with Crippen molar-refractivity contribution in [2.45, 2.75) is 58.7 Å². The first-order chi connectivity index (χ1) is 15.9. The largest absolute Gasteiger partial charge is 0.493 e. The quantitative estimate of drug-likeness (QED) is 0.662. The highest BCUT2D eigenvalue weighted by Crippen LogP contribution is 2.37.